The highest BCUT2D eigenvalue weighted by Crippen LogP contribution is 2.34. The second kappa shape index (κ2) is 6.86. The van der Waals surface area contributed by atoms with E-state index in [1.165, 1.54) is 6.92 Å². The van der Waals surface area contributed by atoms with Crippen molar-refractivity contribution in [2.45, 2.75) is 45.8 Å². The fraction of sp³-hybridized carbons (Fsp3) is 0.444. The second-order valence-electron chi connectivity index (χ2n) is 5.75. The highest BCUT2D eigenvalue weighted by atomic mass is 19.1. The predicted octanol–water partition coefficient (Wildman–Crippen LogP) is 4.07. The summed E-state index contributed by atoms with van der Waals surface area (Å²) < 4.78 is 14.5. The third kappa shape index (κ3) is 3.26. The number of carbonyl (C=O) groups is 1. The van der Waals surface area contributed by atoms with Crippen molar-refractivity contribution >= 4 is 11.6 Å². The standard InChI is InChI=1S/C18H23FN2O/c1-5-12(2)17(13(3)22)20-18-15(19)11-16(21(18)4)14-9-7-6-8-10-14/h6-10,15-16H,5,11H2,1-4H3/b17-12-,20-18-. The predicted molar refractivity (Wildman–Crippen MR) is 87.6 cm³/mol. The first-order valence-corrected chi connectivity index (χ1v) is 7.66. The van der Waals surface area contributed by atoms with E-state index in [2.05, 4.69) is 4.99 Å². The van der Waals surface area contributed by atoms with Crippen molar-refractivity contribution < 1.29 is 9.18 Å². The van der Waals surface area contributed by atoms with Crippen LogP contribution in [0.2, 0.25) is 0 Å². The van der Waals surface area contributed by atoms with E-state index in [0.29, 0.717) is 18.0 Å². The van der Waals surface area contributed by atoms with E-state index in [9.17, 15) is 9.18 Å². The molecular weight excluding hydrogens is 279 g/mol. The highest BCUT2D eigenvalue weighted by Gasteiger charge is 2.36. The van der Waals surface area contributed by atoms with Crippen LogP contribution in [0.25, 0.3) is 0 Å². The zero-order valence-corrected chi connectivity index (χ0v) is 13.6. The number of nitrogens with zero attached hydrogens (tertiary/aromatic N) is 2. The molecule has 0 radical (unpaired) electrons. The van der Waals surface area contributed by atoms with Gasteiger partial charge in [0.05, 0.1) is 6.04 Å². The molecule has 1 aromatic rings. The Hall–Kier alpha value is -1.97. The Kier molecular flexibility index (Phi) is 5.11. The SMILES string of the molecule is CC/C(C)=C(\N=C1\C(F)CC(c2ccccc2)N1C)C(C)=O. The average molecular weight is 302 g/mol. The van der Waals surface area contributed by atoms with E-state index in [-0.39, 0.29) is 11.8 Å². The molecule has 4 heteroatoms. The maximum Gasteiger partial charge on any atom is 0.178 e. The maximum atomic E-state index is 14.5. The first-order chi connectivity index (χ1) is 10.5. The van der Waals surface area contributed by atoms with Gasteiger partial charge in [0.2, 0.25) is 0 Å². The molecule has 0 amide bonds. The molecule has 1 aromatic carbocycles. The van der Waals surface area contributed by atoms with Crippen molar-refractivity contribution in [3.8, 4) is 0 Å². The fourth-order valence-electron chi connectivity index (χ4n) is 2.78. The Morgan fingerprint density at radius 2 is 1.95 bits per heavy atom. The molecule has 2 atom stereocenters. The lowest BCUT2D eigenvalue weighted by molar-refractivity contribution is -0.113. The lowest BCUT2D eigenvalue weighted by atomic mass is 10.0. The minimum atomic E-state index is -1.14. The lowest BCUT2D eigenvalue weighted by Crippen LogP contribution is -2.26. The monoisotopic (exact) mass is 302 g/mol. The van der Waals surface area contributed by atoms with Crippen LogP contribution in [-0.2, 0) is 4.79 Å². The van der Waals surface area contributed by atoms with Crippen LogP contribution in [0, 0.1) is 0 Å². The number of aliphatic imine (C=N–C) groups is 1. The zero-order valence-electron chi connectivity index (χ0n) is 13.6. The minimum absolute atomic E-state index is 0.0370. The van der Waals surface area contributed by atoms with Crippen LogP contribution in [-0.4, -0.2) is 29.7 Å². The molecule has 1 saturated heterocycles. The van der Waals surface area contributed by atoms with Crippen LogP contribution < -0.4 is 0 Å². The van der Waals surface area contributed by atoms with Crippen LogP contribution >= 0.6 is 0 Å². The van der Waals surface area contributed by atoms with Gasteiger partial charge in [-0.15, -0.1) is 0 Å². The van der Waals surface area contributed by atoms with Crippen LogP contribution in [0.15, 0.2) is 46.6 Å². The molecule has 0 bridgehead atoms. The first-order valence-electron chi connectivity index (χ1n) is 7.66. The van der Waals surface area contributed by atoms with Crippen LogP contribution in [0.3, 0.4) is 0 Å². The largest absolute Gasteiger partial charge is 0.353 e. The normalized spacial score (nSPS) is 24.6. The molecule has 1 aliphatic heterocycles. The van der Waals surface area contributed by atoms with Crippen LogP contribution in [0.1, 0.15) is 45.2 Å². The van der Waals surface area contributed by atoms with E-state index < -0.39 is 6.17 Å². The third-order valence-electron chi connectivity index (χ3n) is 4.22. The molecule has 0 aromatic heterocycles. The van der Waals surface area contributed by atoms with Gasteiger partial charge >= 0.3 is 0 Å². The number of Topliss-reactive ketones (excluding diaryl/α,β-unsaturated/α-hetero) is 1. The summed E-state index contributed by atoms with van der Waals surface area (Å²) in [5.74, 6) is 0.238. The summed E-state index contributed by atoms with van der Waals surface area (Å²) in [5, 5.41) is 0. The number of halogens is 1. The first kappa shape index (κ1) is 16.4. The van der Waals surface area contributed by atoms with E-state index >= 15 is 0 Å². The number of hydrogen-bond donors (Lipinski definition) is 0. The molecule has 118 valence electrons. The quantitative estimate of drug-likeness (QED) is 0.785. The number of amidine groups is 1. The number of rotatable bonds is 4. The van der Waals surface area contributed by atoms with Crippen molar-refractivity contribution in [3.05, 3.63) is 47.2 Å². The summed E-state index contributed by atoms with van der Waals surface area (Å²) in [4.78, 5) is 18.0. The van der Waals surface area contributed by atoms with Crippen molar-refractivity contribution in [2.24, 2.45) is 4.99 Å². The van der Waals surface area contributed by atoms with Crippen molar-refractivity contribution in [3.63, 3.8) is 0 Å². The number of likely N-dealkylation sites (tertiary alicyclic amines) is 1. The summed E-state index contributed by atoms with van der Waals surface area (Å²) >= 11 is 0. The van der Waals surface area contributed by atoms with Gasteiger partial charge in [-0.25, -0.2) is 9.38 Å². The van der Waals surface area contributed by atoms with Gasteiger partial charge in [-0.1, -0.05) is 37.3 Å². The fourth-order valence-corrected chi connectivity index (χ4v) is 2.78. The smallest absolute Gasteiger partial charge is 0.178 e. The average Bonchev–Trinajstić information content (AvgIpc) is 2.79. The molecule has 3 nitrogen and oxygen atoms in total. The number of carbonyl (C=O) groups excluding carboxylic acids is 1. The Morgan fingerprint density at radius 3 is 2.50 bits per heavy atom. The molecule has 22 heavy (non-hydrogen) atoms. The van der Waals surface area contributed by atoms with Crippen molar-refractivity contribution in [1.29, 1.82) is 0 Å². The molecular formula is C18H23FN2O. The summed E-state index contributed by atoms with van der Waals surface area (Å²) in [7, 11) is 1.84. The third-order valence-corrected chi connectivity index (χ3v) is 4.22. The topological polar surface area (TPSA) is 32.7 Å². The molecule has 1 heterocycles. The number of benzene rings is 1. The van der Waals surface area contributed by atoms with Gasteiger partial charge in [0, 0.05) is 20.4 Å². The van der Waals surface area contributed by atoms with Gasteiger partial charge < -0.3 is 4.90 Å². The van der Waals surface area contributed by atoms with E-state index in [0.717, 1.165) is 17.6 Å². The Labute approximate surface area is 131 Å². The van der Waals surface area contributed by atoms with E-state index in [1.54, 1.807) is 0 Å². The molecule has 0 N–H and O–H groups in total. The summed E-state index contributed by atoms with van der Waals surface area (Å²) in [6.45, 7) is 5.32. The Balaban J connectivity index is 2.36. The molecule has 2 unspecified atom stereocenters. The molecule has 1 fully saturated rings. The number of allylic oxidation sites excluding steroid dienone is 2. The highest BCUT2D eigenvalue weighted by molar-refractivity contribution is 5.99. The van der Waals surface area contributed by atoms with Gasteiger partial charge in [0.15, 0.2) is 12.0 Å². The van der Waals surface area contributed by atoms with Gasteiger partial charge in [-0.2, -0.15) is 0 Å². The Bertz CT molecular complexity index is 607. The van der Waals surface area contributed by atoms with Gasteiger partial charge in [-0.05, 0) is 24.5 Å². The number of alkyl halides is 1. The van der Waals surface area contributed by atoms with Gasteiger partial charge in [0.1, 0.15) is 11.5 Å². The van der Waals surface area contributed by atoms with Crippen LogP contribution in [0.4, 0.5) is 4.39 Å². The van der Waals surface area contributed by atoms with E-state index in [4.69, 9.17) is 0 Å². The van der Waals surface area contributed by atoms with E-state index in [1.807, 2.05) is 56.1 Å². The summed E-state index contributed by atoms with van der Waals surface area (Å²) in [6, 6.07) is 9.80. The van der Waals surface area contributed by atoms with Crippen molar-refractivity contribution in [2.75, 3.05) is 7.05 Å². The molecule has 0 aliphatic carbocycles. The summed E-state index contributed by atoms with van der Waals surface area (Å²) in [6.07, 6.45) is -0.0429. The van der Waals surface area contributed by atoms with Gasteiger partial charge in [0.25, 0.3) is 0 Å². The number of ketones is 1. The van der Waals surface area contributed by atoms with Gasteiger partial charge in [-0.3, -0.25) is 4.79 Å². The van der Waals surface area contributed by atoms with Crippen molar-refractivity contribution in [1.82, 2.24) is 4.90 Å². The lowest BCUT2D eigenvalue weighted by Gasteiger charge is -2.22. The summed E-state index contributed by atoms with van der Waals surface area (Å²) in [5.41, 5.74) is 2.35. The maximum absolute atomic E-state index is 14.5. The second-order valence-corrected chi connectivity index (χ2v) is 5.75. The Morgan fingerprint density at radius 1 is 1.32 bits per heavy atom. The minimum Gasteiger partial charge on any atom is -0.353 e. The molecule has 0 spiro atoms. The van der Waals surface area contributed by atoms with Crippen LogP contribution in [0.5, 0.6) is 0 Å². The molecule has 1 aliphatic rings. The molecule has 0 saturated carbocycles. The molecule has 2 rings (SSSR count). The zero-order chi connectivity index (χ0) is 16.3. The number of hydrogen-bond acceptors (Lipinski definition) is 2.